The number of benzene rings is 2. The minimum atomic E-state index is -4.88. The first-order valence-electron chi connectivity index (χ1n) is 6.56. The molecule has 124 valence electrons. The summed E-state index contributed by atoms with van der Waals surface area (Å²) in [6.07, 6.45) is -4.88. The van der Waals surface area contributed by atoms with Crippen LogP contribution in [0.4, 0.5) is 13.2 Å². The van der Waals surface area contributed by atoms with Gasteiger partial charge in [0.05, 0.1) is 16.0 Å². The molecule has 24 heavy (non-hydrogen) atoms. The summed E-state index contributed by atoms with van der Waals surface area (Å²) in [7, 11) is 0. The number of hydrogen-bond acceptors (Lipinski definition) is 4. The standard InChI is InChI=1S/C16H8ClF3O4/c17-11-3-1-2-10-13(22)7-14(23-15(10)11)9-5-4-8(6-12(9)21)24-16(18,19)20/h1-7,21H. The van der Waals surface area contributed by atoms with Crippen LogP contribution in [0.5, 0.6) is 11.5 Å². The van der Waals surface area contributed by atoms with Crippen LogP contribution in [-0.4, -0.2) is 11.5 Å². The van der Waals surface area contributed by atoms with Crippen molar-refractivity contribution < 1.29 is 27.4 Å². The fourth-order valence-corrected chi connectivity index (χ4v) is 2.41. The van der Waals surface area contributed by atoms with E-state index in [4.69, 9.17) is 16.0 Å². The maximum atomic E-state index is 12.2. The van der Waals surface area contributed by atoms with Crippen LogP contribution in [0.15, 0.2) is 51.7 Å². The molecule has 0 aliphatic heterocycles. The fourth-order valence-electron chi connectivity index (χ4n) is 2.19. The Morgan fingerprint density at radius 3 is 2.54 bits per heavy atom. The van der Waals surface area contributed by atoms with E-state index in [1.165, 1.54) is 12.1 Å². The summed E-state index contributed by atoms with van der Waals surface area (Å²) in [6.45, 7) is 0. The molecule has 1 aromatic heterocycles. The number of fused-ring (bicyclic) bond motifs is 1. The maximum Gasteiger partial charge on any atom is 0.573 e. The largest absolute Gasteiger partial charge is 0.573 e. The molecule has 0 unspecified atom stereocenters. The van der Waals surface area contributed by atoms with Crippen LogP contribution in [0.3, 0.4) is 0 Å². The van der Waals surface area contributed by atoms with Gasteiger partial charge in [0.2, 0.25) is 0 Å². The second-order valence-corrected chi connectivity index (χ2v) is 5.23. The van der Waals surface area contributed by atoms with Crippen molar-refractivity contribution in [3.05, 3.63) is 57.7 Å². The lowest BCUT2D eigenvalue weighted by Gasteiger charge is -2.11. The molecule has 0 fully saturated rings. The lowest BCUT2D eigenvalue weighted by Crippen LogP contribution is -2.17. The normalized spacial score (nSPS) is 11.7. The molecule has 3 aromatic rings. The lowest BCUT2D eigenvalue weighted by molar-refractivity contribution is -0.274. The van der Waals surface area contributed by atoms with Gasteiger partial charge >= 0.3 is 6.36 Å². The molecule has 0 saturated carbocycles. The third-order valence-electron chi connectivity index (χ3n) is 3.17. The molecule has 2 aromatic carbocycles. The number of hydrogen-bond donors (Lipinski definition) is 1. The van der Waals surface area contributed by atoms with Crippen molar-refractivity contribution in [2.24, 2.45) is 0 Å². The summed E-state index contributed by atoms with van der Waals surface area (Å²) in [5.74, 6) is -1.16. The topological polar surface area (TPSA) is 59.7 Å². The molecule has 0 amide bonds. The average molecular weight is 357 g/mol. The maximum absolute atomic E-state index is 12.2. The van der Waals surface area contributed by atoms with Gasteiger partial charge in [0.15, 0.2) is 11.0 Å². The Morgan fingerprint density at radius 2 is 1.88 bits per heavy atom. The molecular formula is C16H8ClF3O4. The van der Waals surface area contributed by atoms with Crippen molar-refractivity contribution in [1.82, 2.24) is 0 Å². The van der Waals surface area contributed by atoms with Crippen molar-refractivity contribution in [2.45, 2.75) is 6.36 Å². The van der Waals surface area contributed by atoms with E-state index in [-0.39, 0.29) is 27.3 Å². The SMILES string of the molecule is O=c1cc(-c2ccc(OC(F)(F)F)cc2O)oc2c(Cl)cccc12. The molecule has 1 N–H and O–H groups in total. The summed E-state index contributed by atoms with van der Waals surface area (Å²) >= 11 is 5.99. The first kappa shape index (κ1) is 16.2. The van der Waals surface area contributed by atoms with Gasteiger partial charge < -0.3 is 14.3 Å². The summed E-state index contributed by atoms with van der Waals surface area (Å²) in [5, 5.41) is 10.4. The Kier molecular flexibility index (Phi) is 3.88. The molecule has 0 spiro atoms. The van der Waals surface area contributed by atoms with Gasteiger partial charge in [-0.25, -0.2) is 0 Å². The number of halogens is 4. The Labute approximate surface area is 137 Å². The van der Waals surface area contributed by atoms with Gasteiger partial charge in [0, 0.05) is 12.1 Å². The Bertz CT molecular complexity index is 979. The minimum absolute atomic E-state index is 0.0309. The molecule has 0 saturated heterocycles. The second-order valence-electron chi connectivity index (χ2n) is 4.82. The van der Waals surface area contributed by atoms with E-state index >= 15 is 0 Å². The zero-order valence-corrected chi connectivity index (χ0v) is 12.5. The zero-order valence-electron chi connectivity index (χ0n) is 11.7. The van der Waals surface area contributed by atoms with E-state index in [1.54, 1.807) is 6.07 Å². The molecular weight excluding hydrogens is 349 g/mol. The van der Waals surface area contributed by atoms with Crippen molar-refractivity contribution in [1.29, 1.82) is 0 Å². The number of phenols is 1. The first-order chi connectivity index (χ1) is 11.2. The Balaban J connectivity index is 2.11. The monoisotopic (exact) mass is 356 g/mol. The van der Waals surface area contributed by atoms with Crippen LogP contribution in [0.1, 0.15) is 0 Å². The molecule has 0 aliphatic rings. The van der Waals surface area contributed by atoms with Crippen LogP contribution in [-0.2, 0) is 0 Å². The predicted molar refractivity (Wildman–Crippen MR) is 81.3 cm³/mol. The first-order valence-corrected chi connectivity index (χ1v) is 6.94. The van der Waals surface area contributed by atoms with Gasteiger partial charge in [-0.2, -0.15) is 0 Å². The third kappa shape index (κ3) is 3.16. The minimum Gasteiger partial charge on any atom is -0.507 e. The summed E-state index contributed by atoms with van der Waals surface area (Å²) < 4.78 is 45.8. The van der Waals surface area contributed by atoms with Gasteiger partial charge in [0.1, 0.15) is 17.3 Å². The van der Waals surface area contributed by atoms with Gasteiger partial charge in [-0.15, -0.1) is 13.2 Å². The van der Waals surface area contributed by atoms with Gasteiger partial charge in [-0.3, -0.25) is 4.79 Å². The summed E-state index contributed by atoms with van der Waals surface area (Å²) in [4.78, 5) is 12.1. The van der Waals surface area contributed by atoms with E-state index < -0.39 is 23.3 Å². The van der Waals surface area contributed by atoms with Crippen LogP contribution in [0.2, 0.25) is 5.02 Å². The van der Waals surface area contributed by atoms with Crippen LogP contribution >= 0.6 is 11.6 Å². The zero-order chi connectivity index (χ0) is 17.5. The molecule has 3 rings (SSSR count). The molecule has 0 radical (unpaired) electrons. The van der Waals surface area contributed by atoms with E-state index in [2.05, 4.69) is 4.74 Å². The molecule has 0 aliphatic carbocycles. The van der Waals surface area contributed by atoms with E-state index in [1.807, 2.05) is 0 Å². The van der Waals surface area contributed by atoms with Crippen molar-refractivity contribution in [3.8, 4) is 22.8 Å². The van der Waals surface area contributed by atoms with Crippen molar-refractivity contribution in [2.75, 3.05) is 0 Å². The Hall–Kier alpha value is -2.67. The number of ether oxygens (including phenoxy) is 1. The molecule has 1 heterocycles. The fraction of sp³-hybridized carbons (Fsp3) is 0.0625. The van der Waals surface area contributed by atoms with Crippen LogP contribution < -0.4 is 10.2 Å². The second kappa shape index (κ2) is 5.76. The highest BCUT2D eigenvalue weighted by Gasteiger charge is 2.31. The molecule has 4 nitrogen and oxygen atoms in total. The van der Waals surface area contributed by atoms with E-state index in [9.17, 15) is 23.1 Å². The average Bonchev–Trinajstić information content (AvgIpc) is 2.46. The summed E-state index contributed by atoms with van der Waals surface area (Å²) in [5.41, 5.74) is -0.246. The lowest BCUT2D eigenvalue weighted by atomic mass is 10.1. The number of aromatic hydroxyl groups is 1. The van der Waals surface area contributed by atoms with Gasteiger partial charge in [-0.1, -0.05) is 17.7 Å². The van der Waals surface area contributed by atoms with Crippen LogP contribution in [0, 0.1) is 0 Å². The number of phenolic OH excluding ortho intramolecular Hbond substituents is 1. The Morgan fingerprint density at radius 1 is 1.12 bits per heavy atom. The van der Waals surface area contributed by atoms with Gasteiger partial charge in [-0.05, 0) is 24.3 Å². The molecule has 0 atom stereocenters. The van der Waals surface area contributed by atoms with Gasteiger partial charge in [0.25, 0.3) is 0 Å². The molecule has 8 heteroatoms. The number of para-hydroxylation sites is 1. The number of alkyl halides is 3. The smallest absolute Gasteiger partial charge is 0.507 e. The highest BCUT2D eigenvalue weighted by molar-refractivity contribution is 6.34. The van der Waals surface area contributed by atoms with Crippen molar-refractivity contribution in [3.63, 3.8) is 0 Å². The quantitative estimate of drug-likeness (QED) is 0.722. The highest BCUT2D eigenvalue weighted by Crippen LogP contribution is 2.35. The van der Waals surface area contributed by atoms with Crippen LogP contribution in [0.25, 0.3) is 22.3 Å². The molecule has 0 bridgehead atoms. The van der Waals surface area contributed by atoms with E-state index in [0.717, 1.165) is 24.3 Å². The van der Waals surface area contributed by atoms with E-state index in [0.29, 0.717) is 0 Å². The predicted octanol–water partition coefficient (Wildman–Crippen LogP) is 4.72. The third-order valence-corrected chi connectivity index (χ3v) is 3.47. The number of rotatable bonds is 2. The highest BCUT2D eigenvalue weighted by atomic mass is 35.5. The van der Waals surface area contributed by atoms with Crippen molar-refractivity contribution >= 4 is 22.6 Å². The summed E-state index contributed by atoms with van der Waals surface area (Å²) in [6, 6.07) is 8.68.